The predicted molar refractivity (Wildman–Crippen MR) is 97.4 cm³/mol. The number of rotatable bonds is 3. The molecule has 2 aliphatic heterocycles. The SMILES string of the molecule is Cc1cc(F)cc(C(=O)N2CCC(c3nnc4n3CCNC4)CC2)c1[N+](=O)[O-]. The Morgan fingerprint density at radius 1 is 1.29 bits per heavy atom. The van der Waals surface area contributed by atoms with Crippen molar-refractivity contribution in [3.05, 3.63) is 50.8 Å². The molecule has 4 rings (SSSR count). The lowest BCUT2D eigenvalue weighted by atomic mass is 9.95. The standard InChI is InChI=1S/C18H21FN6O3/c1-11-8-13(19)9-14(16(11)25(27)28)18(26)23-5-2-12(3-6-23)17-22-21-15-10-20-4-7-24(15)17/h8-9,12,20H,2-7,10H2,1H3. The van der Waals surface area contributed by atoms with Crippen molar-refractivity contribution in [2.24, 2.45) is 0 Å². The van der Waals surface area contributed by atoms with Gasteiger partial charge in [-0.2, -0.15) is 0 Å². The van der Waals surface area contributed by atoms with E-state index in [0.717, 1.165) is 36.9 Å². The molecule has 0 unspecified atom stereocenters. The van der Waals surface area contributed by atoms with E-state index in [1.165, 1.54) is 6.92 Å². The molecule has 1 saturated heterocycles. The number of carbonyl (C=O) groups is 1. The Morgan fingerprint density at radius 3 is 2.75 bits per heavy atom. The molecule has 28 heavy (non-hydrogen) atoms. The van der Waals surface area contributed by atoms with E-state index in [1.54, 1.807) is 4.90 Å². The van der Waals surface area contributed by atoms with Crippen LogP contribution in [-0.2, 0) is 13.1 Å². The number of aryl methyl sites for hydroxylation is 1. The molecule has 1 amide bonds. The van der Waals surface area contributed by atoms with E-state index in [-0.39, 0.29) is 22.7 Å². The van der Waals surface area contributed by atoms with Crippen molar-refractivity contribution in [3.8, 4) is 0 Å². The molecule has 0 saturated carbocycles. The Kier molecular flexibility index (Phi) is 4.80. The monoisotopic (exact) mass is 388 g/mol. The number of nitrogens with zero attached hydrogens (tertiary/aromatic N) is 5. The average Bonchev–Trinajstić information content (AvgIpc) is 3.10. The Bertz CT molecular complexity index is 936. The van der Waals surface area contributed by atoms with Crippen LogP contribution >= 0.6 is 0 Å². The summed E-state index contributed by atoms with van der Waals surface area (Å²) in [5, 5.41) is 23.2. The Morgan fingerprint density at radius 2 is 2.04 bits per heavy atom. The van der Waals surface area contributed by atoms with Crippen molar-refractivity contribution in [1.29, 1.82) is 0 Å². The van der Waals surface area contributed by atoms with Crippen LogP contribution in [0.4, 0.5) is 10.1 Å². The second-order valence-corrected chi connectivity index (χ2v) is 7.25. The molecule has 148 valence electrons. The number of hydrogen-bond acceptors (Lipinski definition) is 6. The average molecular weight is 388 g/mol. The third-order valence-corrected chi connectivity index (χ3v) is 5.48. The second-order valence-electron chi connectivity index (χ2n) is 7.25. The lowest BCUT2D eigenvalue weighted by Gasteiger charge is -2.32. The van der Waals surface area contributed by atoms with Crippen LogP contribution in [0.25, 0.3) is 0 Å². The van der Waals surface area contributed by atoms with Crippen LogP contribution in [0, 0.1) is 22.9 Å². The first-order valence-electron chi connectivity index (χ1n) is 9.32. The molecule has 0 bridgehead atoms. The minimum absolute atomic E-state index is 0.145. The number of nitro groups is 1. The maximum atomic E-state index is 13.8. The van der Waals surface area contributed by atoms with E-state index in [9.17, 15) is 19.3 Å². The van der Waals surface area contributed by atoms with Crippen LogP contribution in [0.15, 0.2) is 12.1 Å². The van der Waals surface area contributed by atoms with Gasteiger partial charge in [-0.1, -0.05) is 0 Å². The van der Waals surface area contributed by atoms with Gasteiger partial charge in [-0.25, -0.2) is 4.39 Å². The molecule has 10 heteroatoms. The van der Waals surface area contributed by atoms with Crippen LogP contribution in [0.1, 0.15) is 46.3 Å². The first kappa shape index (κ1) is 18.5. The van der Waals surface area contributed by atoms with Gasteiger partial charge in [0.1, 0.15) is 23.0 Å². The molecule has 0 radical (unpaired) electrons. The van der Waals surface area contributed by atoms with Gasteiger partial charge in [-0.15, -0.1) is 10.2 Å². The molecule has 1 aromatic carbocycles. The van der Waals surface area contributed by atoms with Crippen molar-refractivity contribution in [2.75, 3.05) is 19.6 Å². The summed E-state index contributed by atoms with van der Waals surface area (Å²) in [6.45, 7) is 4.72. The normalized spacial score (nSPS) is 17.4. The summed E-state index contributed by atoms with van der Waals surface area (Å²) < 4.78 is 15.9. The summed E-state index contributed by atoms with van der Waals surface area (Å²) in [4.78, 5) is 25.2. The number of nitrogens with one attached hydrogen (secondary N) is 1. The van der Waals surface area contributed by atoms with Gasteiger partial charge < -0.3 is 14.8 Å². The summed E-state index contributed by atoms with van der Waals surface area (Å²) in [7, 11) is 0. The van der Waals surface area contributed by atoms with Gasteiger partial charge in [-0.05, 0) is 31.9 Å². The Balaban J connectivity index is 1.51. The smallest absolute Gasteiger partial charge is 0.285 e. The lowest BCUT2D eigenvalue weighted by molar-refractivity contribution is -0.385. The van der Waals surface area contributed by atoms with Gasteiger partial charge in [0, 0.05) is 37.7 Å². The van der Waals surface area contributed by atoms with E-state index in [0.29, 0.717) is 32.5 Å². The molecule has 2 aliphatic rings. The summed E-state index contributed by atoms with van der Waals surface area (Å²) in [6, 6.07) is 2.03. The summed E-state index contributed by atoms with van der Waals surface area (Å²) in [5.74, 6) is 0.902. The zero-order chi connectivity index (χ0) is 19.8. The molecular formula is C18H21FN6O3. The molecule has 1 fully saturated rings. The molecule has 2 aromatic rings. The van der Waals surface area contributed by atoms with E-state index < -0.39 is 16.6 Å². The minimum Gasteiger partial charge on any atom is -0.338 e. The molecule has 0 aliphatic carbocycles. The first-order valence-corrected chi connectivity index (χ1v) is 9.32. The number of carbonyl (C=O) groups excluding carboxylic acids is 1. The number of aromatic nitrogens is 3. The van der Waals surface area contributed by atoms with Crippen molar-refractivity contribution in [3.63, 3.8) is 0 Å². The van der Waals surface area contributed by atoms with Crippen molar-refractivity contribution in [2.45, 2.75) is 38.8 Å². The summed E-state index contributed by atoms with van der Waals surface area (Å²) >= 11 is 0. The van der Waals surface area contributed by atoms with E-state index >= 15 is 0 Å². The summed E-state index contributed by atoms with van der Waals surface area (Å²) in [5.41, 5.74) is -0.369. The molecule has 3 heterocycles. The molecule has 1 aromatic heterocycles. The highest BCUT2D eigenvalue weighted by molar-refractivity contribution is 5.98. The predicted octanol–water partition coefficient (Wildman–Crippen LogP) is 1.76. The van der Waals surface area contributed by atoms with E-state index in [4.69, 9.17) is 0 Å². The largest absolute Gasteiger partial charge is 0.338 e. The van der Waals surface area contributed by atoms with E-state index in [1.807, 2.05) is 0 Å². The number of nitro benzene ring substituents is 1. The van der Waals surface area contributed by atoms with Crippen LogP contribution in [0.2, 0.25) is 0 Å². The fourth-order valence-electron chi connectivity index (χ4n) is 4.07. The molecule has 1 N–H and O–H groups in total. The van der Waals surface area contributed by atoms with Crippen molar-refractivity contribution < 1.29 is 14.1 Å². The maximum absolute atomic E-state index is 13.8. The van der Waals surface area contributed by atoms with Crippen LogP contribution in [0.5, 0.6) is 0 Å². The highest BCUT2D eigenvalue weighted by atomic mass is 19.1. The van der Waals surface area contributed by atoms with Crippen LogP contribution < -0.4 is 5.32 Å². The highest BCUT2D eigenvalue weighted by Gasteiger charge is 2.32. The topological polar surface area (TPSA) is 106 Å². The minimum atomic E-state index is -0.648. The van der Waals surface area contributed by atoms with Crippen molar-refractivity contribution >= 4 is 11.6 Å². The first-order chi connectivity index (χ1) is 13.5. The zero-order valence-electron chi connectivity index (χ0n) is 15.5. The zero-order valence-corrected chi connectivity index (χ0v) is 15.5. The van der Waals surface area contributed by atoms with Gasteiger partial charge in [0.05, 0.1) is 11.5 Å². The van der Waals surface area contributed by atoms with Gasteiger partial charge in [-0.3, -0.25) is 14.9 Å². The molecular weight excluding hydrogens is 367 g/mol. The van der Waals surface area contributed by atoms with E-state index in [2.05, 4.69) is 20.1 Å². The number of benzene rings is 1. The number of fused-ring (bicyclic) bond motifs is 1. The quantitative estimate of drug-likeness (QED) is 0.634. The van der Waals surface area contributed by atoms with Gasteiger partial charge in [0.15, 0.2) is 0 Å². The highest BCUT2D eigenvalue weighted by Crippen LogP contribution is 2.31. The third-order valence-electron chi connectivity index (χ3n) is 5.48. The number of halogens is 1. The fourth-order valence-corrected chi connectivity index (χ4v) is 4.07. The fraction of sp³-hybridized carbons (Fsp3) is 0.500. The maximum Gasteiger partial charge on any atom is 0.285 e. The second kappa shape index (κ2) is 7.27. The number of hydrogen-bond donors (Lipinski definition) is 1. The van der Waals surface area contributed by atoms with Crippen LogP contribution in [0.3, 0.4) is 0 Å². The number of amides is 1. The molecule has 0 atom stereocenters. The summed E-state index contributed by atoms with van der Waals surface area (Å²) in [6.07, 6.45) is 1.39. The van der Waals surface area contributed by atoms with Gasteiger partial charge in [0.25, 0.3) is 11.6 Å². The lowest BCUT2D eigenvalue weighted by Crippen LogP contribution is -2.39. The molecule has 9 nitrogen and oxygen atoms in total. The van der Waals surface area contributed by atoms with Crippen LogP contribution in [-0.4, -0.2) is 50.1 Å². The van der Waals surface area contributed by atoms with Gasteiger partial charge >= 0.3 is 0 Å². The number of likely N-dealkylation sites (tertiary alicyclic amines) is 1. The Hall–Kier alpha value is -2.88. The number of piperidine rings is 1. The third kappa shape index (κ3) is 3.24. The molecule has 0 spiro atoms. The van der Waals surface area contributed by atoms with Gasteiger partial charge in [0.2, 0.25) is 0 Å². The van der Waals surface area contributed by atoms with Crippen molar-refractivity contribution in [1.82, 2.24) is 25.0 Å². The Labute approximate surface area is 160 Å².